The molecule has 23 heavy (non-hydrogen) atoms. The number of carbonyl (C=O) groups is 1. The van der Waals surface area contributed by atoms with E-state index in [1.807, 2.05) is 13.8 Å². The van der Waals surface area contributed by atoms with E-state index >= 15 is 0 Å². The Balaban J connectivity index is 2.87. The number of nitrogens with zero attached hydrogens (tertiary/aromatic N) is 1. The Hall–Kier alpha value is -2.37. The number of likely N-dealkylation sites (N-methyl/N-ethyl adjacent to an activating group) is 1. The summed E-state index contributed by atoms with van der Waals surface area (Å²) in [5.74, 6) is -0.0278. The molecule has 0 unspecified atom stereocenters. The molecule has 0 atom stereocenters. The lowest BCUT2D eigenvalue weighted by atomic mass is 10.2. The third-order valence-electron chi connectivity index (χ3n) is 2.98. The lowest BCUT2D eigenvalue weighted by molar-refractivity contribution is -0.125. The number of halogens is 2. The van der Waals surface area contributed by atoms with Gasteiger partial charge >= 0.3 is 6.61 Å². The van der Waals surface area contributed by atoms with E-state index in [2.05, 4.69) is 11.3 Å². The Bertz CT molecular complexity index is 585. The second-order valence-electron chi connectivity index (χ2n) is 4.93. The molecule has 126 valence electrons. The summed E-state index contributed by atoms with van der Waals surface area (Å²) in [5, 5.41) is 0. The van der Waals surface area contributed by atoms with E-state index in [1.165, 1.54) is 25.3 Å². The smallest absolute Gasteiger partial charge is 0.387 e. The molecule has 0 aromatic heterocycles. The lowest BCUT2D eigenvalue weighted by Gasteiger charge is -2.18. The number of hydrogen-bond acceptors (Lipinski definition) is 3. The average molecular weight is 325 g/mol. The van der Waals surface area contributed by atoms with Crippen LogP contribution in [0.25, 0.3) is 6.08 Å². The van der Waals surface area contributed by atoms with Crippen LogP contribution in [0.3, 0.4) is 0 Å². The molecule has 0 N–H and O–H groups in total. The highest BCUT2D eigenvalue weighted by Gasteiger charge is 2.11. The van der Waals surface area contributed by atoms with Crippen molar-refractivity contribution >= 4 is 12.0 Å². The van der Waals surface area contributed by atoms with Crippen LogP contribution in [0.4, 0.5) is 8.78 Å². The normalized spacial score (nSPS) is 10.9. The minimum atomic E-state index is -2.92. The highest BCUT2D eigenvalue weighted by Crippen LogP contribution is 2.29. The molecule has 1 aromatic carbocycles. The lowest BCUT2D eigenvalue weighted by Crippen LogP contribution is -2.30. The summed E-state index contributed by atoms with van der Waals surface area (Å²) in [4.78, 5) is 13.7. The summed E-state index contributed by atoms with van der Waals surface area (Å²) < 4.78 is 33.9. The van der Waals surface area contributed by atoms with Crippen LogP contribution < -0.4 is 9.47 Å². The van der Waals surface area contributed by atoms with E-state index in [9.17, 15) is 13.6 Å². The summed E-state index contributed by atoms with van der Waals surface area (Å²) in [7, 11) is 1.36. The molecular formula is C17H21F2NO3. The van der Waals surface area contributed by atoms with Crippen LogP contribution in [0.15, 0.2) is 36.4 Å². The number of hydrogen-bond donors (Lipinski definition) is 0. The Morgan fingerprint density at radius 2 is 2.09 bits per heavy atom. The molecule has 0 heterocycles. The molecule has 0 aliphatic heterocycles. The molecule has 0 saturated heterocycles. The van der Waals surface area contributed by atoms with E-state index in [4.69, 9.17) is 4.74 Å². The van der Waals surface area contributed by atoms with Crippen molar-refractivity contribution in [3.8, 4) is 11.5 Å². The molecular weight excluding hydrogens is 304 g/mol. The second kappa shape index (κ2) is 8.92. The maximum atomic E-state index is 12.3. The van der Waals surface area contributed by atoms with Gasteiger partial charge in [-0.1, -0.05) is 18.2 Å². The first-order chi connectivity index (χ1) is 10.9. The van der Waals surface area contributed by atoms with Crippen LogP contribution in [-0.2, 0) is 4.79 Å². The fourth-order valence-electron chi connectivity index (χ4n) is 1.93. The molecule has 0 aliphatic rings. The number of carbonyl (C=O) groups excluding carboxylic acids is 1. The monoisotopic (exact) mass is 325 g/mol. The second-order valence-corrected chi connectivity index (χ2v) is 4.93. The molecule has 0 radical (unpaired) electrons. The molecule has 1 amide bonds. The van der Waals surface area contributed by atoms with Crippen molar-refractivity contribution in [3.63, 3.8) is 0 Å². The van der Waals surface area contributed by atoms with Crippen molar-refractivity contribution in [1.29, 1.82) is 0 Å². The van der Waals surface area contributed by atoms with Crippen molar-refractivity contribution < 1.29 is 23.0 Å². The van der Waals surface area contributed by atoms with Gasteiger partial charge in [0.25, 0.3) is 0 Å². The highest BCUT2D eigenvalue weighted by atomic mass is 19.3. The Morgan fingerprint density at radius 1 is 1.39 bits per heavy atom. The first-order valence-electron chi connectivity index (χ1n) is 7.11. The Morgan fingerprint density at radius 3 is 2.61 bits per heavy atom. The number of methoxy groups -OCH3 is 1. The van der Waals surface area contributed by atoms with Crippen molar-refractivity contribution in [2.24, 2.45) is 0 Å². The summed E-state index contributed by atoms with van der Waals surface area (Å²) in [6.07, 6.45) is 3.02. The maximum absolute atomic E-state index is 12.3. The molecule has 0 bridgehead atoms. The Kier molecular flexibility index (Phi) is 7.25. The first kappa shape index (κ1) is 18.7. The van der Waals surface area contributed by atoms with Crippen LogP contribution in [0, 0.1) is 0 Å². The highest BCUT2D eigenvalue weighted by molar-refractivity contribution is 5.92. The Labute approximate surface area is 135 Å². The largest absolute Gasteiger partial charge is 0.493 e. The van der Waals surface area contributed by atoms with Crippen molar-refractivity contribution in [1.82, 2.24) is 4.90 Å². The van der Waals surface area contributed by atoms with Crippen LogP contribution in [0.2, 0.25) is 0 Å². The summed E-state index contributed by atoms with van der Waals surface area (Å²) in [5.41, 5.74) is 1.53. The number of rotatable bonds is 8. The SMILES string of the molecule is C=C(C)CN(CC)C(=O)/C=C/c1ccc(OC(F)F)c(OC)c1. The summed E-state index contributed by atoms with van der Waals surface area (Å²) in [6, 6.07) is 4.47. The molecule has 1 rings (SSSR count). The predicted octanol–water partition coefficient (Wildman–Crippen LogP) is 3.73. The molecule has 6 heteroatoms. The van der Waals surface area contributed by atoms with Gasteiger partial charge in [-0.2, -0.15) is 8.78 Å². The maximum Gasteiger partial charge on any atom is 0.387 e. The zero-order valence-electron chi connectivity index (χ0n) is 13.5. The third kappa shape index (κ3) is 6.10. The van der Waals surface area contributed by atoms with E-state index in [0.717, 1.165) is 5.57 Å². The van der Waals surface area contributed by atoms with Crippen molar-refractivity contribution in [2.75, 3.05) is 20.2 Å². The van der Waals surface area contributed by atoms with Gasteiger partial charge < -0.3 is 14.4 Å². The van der Waals surface area contributed by atoms with Crippen molar-refractivity contribution in [2.45, 2.75) is 20.5 Å². The van der Waals surface area contributed by atoms with E-state index in [1.54, 1.807) is 17.0 Å². The van der Waals surface area contributed by atoms with E-state index in [0.29, 0.717) is 18.7 Å². The third-order valence-corrected chi connectivity index (χ3v) is 2.98. The van der Waals surface area contributed by atoms with Crippen molar-refractivity contribution in [3.05, 3.63) is 42.0 Å². The first-order valence-corrected chi connectivity index (χ1v) is 7.11. The number of amides is 1. The van der Waals surface area contributed by atoms with E-state index in [-0.39, 0.29) is 17.4 Å². The van der Waals surface area contributed by atoms with E-state index < -0.39 is 6.61 Å². The van der Waals surface area contributed by atoms with Crippen LogP contribution in [0.1, 0.15) is 19.4 Å². The van der Waals surface area contributed by atoms with Crippen LogP contribution in [-0.4, -0.2) is 37.6 Å². The van der Waals surface area contributed by atoms with Gasteiger partial charge in [0, 0.05) is 19.2 Å². The average Bonchev–Trinajstić information content (AvgIpc) is 2.50. The van der Waals surface area contributed by atoms with Gasteiger partial charge in [0.15, 0.2) is 11.5 Å². The molecule has 4 nitrogen and oxygen atoms in total. The zero-order valence-corrected chi connectivity index (χ0v) is 13.5. The zero-order chi connectivity index (χ0) is 17.4. The summed E-state index contributed by atoms with van der Waals surface area (Å²) >= 11 is 0. The molecule has 0 fully saturated rings. The standard InChI is InChI=1S/C17H21F2NO3/c1-5-20(11-12(2)3)16(21)9-7-13-6-8-14(23-17(18)19)15(10-13)22-4/h6-10,17H,2,5,11H2,1,3-4H3/b9-7+. The van der Waals surface area contributed by atoms with Gasteiger partial charge in [-0.25, -0.2) is 0 Å². The van der Waals surface area contributed by atoms with Gasteiger partial charge in [-0.3, -0.25) is 4.79 Å². The summed E-state index contributed by atoms with van der Waals surface area (Å²) in [6.45, 7) is 5.66. The predicted molar refractivity (Wildman–Crippen MR) is 85.7 cm³/mol. The van der Waals surface area contributed by atoms with Gasteiger partial charge in [0.1, 0.15) is 0 Å². The minimum Gasteiger partial charge on any atom is -0.493 e. The molecule has 0 spiro atoms. The van der Waals surface area contributed by atoms with Crippen LogP contribution in [0.5, 0.6) is 11.5 Å². The minimum absolute atomic E-state index is 0.0524. The topological polar surface area (TPSA) is 38.8 Å². The number of ether oxygens (including phenoxy) is 2. The van der Waals surface area contributed by atoms with Crippen LogP contribution >= 0.6 is 0 Å². The molecule has 0 saturated carbocycles. The fourth-order valence-corrected chi connectivity index (χ4v) is 1.93. The molecule has 1 aromatic rings. The van der Waals surface area contributed by atoms with Gasteiger partial charge in [-0.05, 0) is 37.6 Å². The number of benzene rings is 1. The molecule has 0 aliphatic carbocycles. The quantitative estimate of drug-likeness (QED) is 0.540. The van der Waals surface area contributed by atoms with Gasteiger partial charge in [-0.15, -0.1) is 0 Å². The fraction of sp³-hybridized carbons (Fsp3) is 0.353. The number of alkyl halides is 2. The van der Waals surface area contributed by atoms with Gasteiger partial charge in [0.2, 0.25) is 5.91 Å². The van der Waals surface area contributed by atoms with Gasteiger partial charge in [0.05, 0.1) is 7.11 Å².